The maximum absolute atomic E-state index is 13.8. The van der Waals surface area contributed by atoms with Crippen LogP contribution >= 0.6 is 0 Å². The van der Waals surface area contributed by atoms with E-state index in [1.165, 1.54) is 16.7 Å². The molecule has 6 heteroatoms. The van der Waals surface area contributed by atoms with Crippen LogP contribution in [0.1, 0.15) is 24.9 Å². The first-order chi connectivity index (χ1) is 13.5. The quantitative estimate of drug-likeness (QED) is 0.577. The summed E-state index contributed by atoms with van der Waals surface area (Å²) in [6.45, 7) is 2.09. The number of nitrogens with one attached hydrogen (secondary N) is 1. The molecule has 142 valence electrons. The van der Waals surface area contributed by atoms with Crippen molar-refractivity contribution < 1.29 is 9.18 Å². The average Bonchev–Trinajstić information content (AvgIpc) is 3.18. The molecular formula is C22H20FN3O2. The predicted molar refractivity (Wildman–Crippen MR) is 107 cm³/mol. The second-order valence-corrected chi connectivity index (χ2v) is 6.80. The van der Waals surface area contributed by atoms with Crippen molar-refractivity contribution in [2.75, 3.05) is 0 Å². The number of benzene rings is 2. The molecule has 2 heterocycles. The molecule has 0 aliphatic heterocycles. The van der Waals surface area contributed by atoms with Gasteiger partial charge < -0.3 is 14.3 Å². The van der Waals surface area contributed by atoms with Crippen LogP contribution in [0.4, 0.5) is 4.39 Å². The van der Waals surface area contributed by atoms with Crippen LogP contribution in [0.2, 0.25) is 0 Å². The highest BCUT2D eigenvalue weighted by atomic mass is 19.1. The van der Waals surface area contributed by atoms with E-state index in [4.69, 9.17) is 0 Å². The minimum absolute atomic E-state index is 0.125. The predicted octanol–water partition coefficient (Wildman–Crippen LogP) is 3.66. The van der Waals surface area contributed by atoms with Crippen LogP contribution in [-0.4, -0.2) is 14.9 Å². The number of carbonyl (C=O) groups is 1. The highest BCUT2D eigenvalue weighted by Gasteiger charge is 2.14. The maximum Gasteiger partial charge on any atom is 0.275 e. The van der Waals surface area contributed by atoms with Crippen molar-refractivity contribution >= 4 is 22.5 Å². The van der Waals surface area contributed by atoms with Crippen molar-refractivity contribution in [3.05, 3.63) is 88.6 Å². The van der Waals surface area contributed by atoms with Crippen molar-refractivity contribution in [2.24, 2.45) is 0 Å². The Hall–Kier alpha value is -3.41. The monoisotopic (exact) mass is 377 g/mol. The smallest absolute Gasteiger partial charge is 0.275 e. The normalized spacial score (nSPS) is 12.4. The van der Waals surface area contributed by atoms with Crippen LogP contribution in [0.3, 0.4) is 0 Å². The number of amides is 1. The van der Waals surface area contributed by atoms with Gasteiger partial charge in [-0.3, -0.25) is 9.59 Å². The lowest BCUT2D eigenvalue weighted by atomic mass is 10.1. The lowest BCUT2D eigenvalue weighted by Gasteiger charge is -2.16. The lowest BCUT2D eigenvalue weighted by Crippen LogP contribution is -2.30. The van der Waals surface area contributed by atoms with Gasteiger partial charge in [-0.2, -0.15) is 0 Å². The van der Waals surface area contributed by atoms with E-state index in [-0.39, 0.29) is 30.5 Å². The Morgan fingerprint density at radius 1 is 1.04 bits per heavy atom. The van der Waals surface area contributed by atoms with Crippen molar-refractivity contribution in [1.29, 1.82) is 0 Å². The lowest BCUT2D eigenvalue weighted by molar-refractivity contribution is -0.121. The molecule has 0 unspecified atom stereocenters. The van der Waals surface area contributed by atoms with Gasteiger partial charge in [-0.25, -0.2) is 4.39 Å². The fourth-order valence-electron chi connectivity index (χ4n) is 3.50. The zero-order valence-corrected chi connectivity index (χ0v) is 15.4. The van der Waals surface area contributed by atoms with E-state index in [1.54, 1.807) is 28.8 Å². The summed E-state index contributed by atoms with van der Waals surface area (Å²) in [6.07, 6.45) is 1.90. The van der Waals surface area contributed by atoms with E-state index >= 15 is 0 Å². The van der Waals surface area contributed by atoms with Crippen LogP contribution in [0, 0.1) is 5.82 Å². The van der Waals surface area contributed by atoms with Crippen LogP contribution in [0.15, 0.2) is 71.7 Å². The van der Waals surface area contributed by atoms with E-state index in [0.29, 0.717) is 11.0 Å². The largest absolute Gasteiger partial charge is 0.350 e. The van der Waals surface area contributed by atoms with Gasteiger partial charge in [0.1, 0.15) is 11.3 Å². The molecule has 0 radical (unpaired) electrons. The van der Waals surface area contributed by atoms with Gasteiger partial charge in [0, 0.05) is 19.2 Å². The molecule has 4 rings (SSSR count). The van der Waals surface area contributed by atoms with E-state index in [0.717, 1.165) is 11.1 Å². The number of fused-ring (bicyclic) bond motifs is 3. The molecule has 1 N–H and O–H groups in total. The number of halogens is 1. The van der Waals surface area contributed by atoms with Crippen LogP contribution < -0.4 is 10.9 Å². The van der Waals surface area contributed by atoms with Crippen LogP contribution in [-0.2, 0) is 11.3 Å². The van der Waals surface area contributed by atoms with E-state index < -0.39 is 5.82 Å². The van der Waals surface area contributed by atoms with Gasteiger partial charge in [0.25, 0.3) is 5.56 Å². The Labute approximate surface area is 161 Å². The number of nitrogens with zero attached hydrogens (tertiary/aromatic N) is 2. The molecule has 2 aromatic heterocycles. The van der Waals surface area contributed by atoms with Crippen molar-refractivity contribution in [1.82, 2.24) is 14.3 Å². The summed E-state index contributed by atoms with van der Waals surface area (Å²) in [5.41, 5.74) is 2.45. The van der Waals surface area contributed by atoms with Gasteiger partial charge in [-0.1, -0.05) is 30.3 Å². The molecule has 0 bridgehead atoms. The maximum atomic E-state index is 13.8. The van der Waals surface area contributed by atoms with Gasteiger partial charge in [0.15, 0.2) is 0 Å². The Balaban J connectivity index is 1.60. The van der Waals surface area contributed by atoms with Gasteiger partial charge in [-0.05, 0) is 42.8 Å². The summed E-state index contributed by atoms with van der Waals surface area (Å²) in [7, 11) is 0. The van der Waals surface area contributed by atoms with E-state index in [9.17, 15) is 14.0 Å². The Morgan fingerprint density at radius 2 is 1.82 bits per heavy atom. The van der Waals surface area contributed by atoms with Crippen LogP contribution in [0.25, 0.3) is 16.6 Å². The molecule has 0 saturated carbocycles. The molecule has 0 saturated heterocycles. The Morgan fingerprint density at radius 3 is 2.61 bits per heavy atom. The number of aromatic nitrogens is 2. The third-order valence-corrected chi connectivity index (χ3v) is 4.94. The zero-order valence-electron chi connectivity index (χ0n) is 15.4. The van der Waals surface area contributed by atoms with Crippen LogP contribution in [0.5, 0.6) is 0 Å². The fraction of sp³-hybridized carbons (Fsp3) is 0.182. The van der Waals surface area contributed by atoms with Crippen molar-refractivity contribution in [3.8, 4) is 0 Å². The summed E-state index contributed by atoms with van der Waals surface area (Å²) in [6, 6.07) is 17.4. The standard InChI is InChI=1S/C22H20FN3O2/c1-15(16-6-3-2-4-7-16)24-21(27)11-13-26-20-14-17(23)9-10-18(20)25-12-5-8-19(25)22(26)28/h2-10,12,14-15H,11,13H2,1H3,(H,24,27)/t15-/m1/s1. The molecule has 1 atom stereocenters. The minimum Gasteiger partial charge on any atom is -0.350 e. The first kappa shape index (κ1) is 18.0. The molecular weight excluding hydrogens is 357 g/mol. The van der Waals surface area contributed by atoms with Gasteiger partial charge in [0.05, 0.1) is 17.1 Å². The summed E-state index contributed by atoms with van der Waals surface area (Å²) in [5.74, 6) is -0.586. The van der Waals surface area contributed by atoms with E-state index in [2.05, 4.69) is 5.32 Å². The summed E-state index contributed by atoms with van der Waals surface area (Å²) < 4.78 is 17.0. The second-order valence-electron chi connectivity index (χ2n) is 6.80. The Bertz CT molecular complexity index is 1210. The number of aryl methyl sites for hydroxylation is 1. The molecule has 0 aliphatic carbocycles. The molecule has 2 aromatic carbocycles. The molecule has 0 fully saturated rings. The number of carbonyl (C=O) groups excluding carboxylic acids is 1. The fourth-order valence-corrected chi connectivity index (χ4v) is 3.50. The highest BCUT2D eigenvalue weighted by Crippen LogP contribution is 2.17. The third kappa shape index (κ3) is 3.29. The second kappa shape index (κ2) is 7.31. The third-order valence-electron chi connectivity index (χ3n) is 4.94. The number of hydrogen-bond donors (Lipinski definition) is 1. The number of hydrogen-bond acceptors (Lipinski definition) is 2. The molecule has 1 amide bonds. The minimum atomic E-state index is -0.422. The zero-order chi connectivity index (χ0) is 19.7. The first-order valence-corrected chi connectivity index (χ1v) is 9.18. The average molecular weight is 377 g/mol. The molecule has 4 aromatic rings. The Kier molecular flexibility index (Phi) is 4.69. The molecule has 5 nitrogen and oxygen atoms in total. The summed E-state index contributed by atoms with van der Waals surface area (Å²) in [4.78, 5) is 25.3. The molecule has 0 aliphatic rings. The summed E-state index contributed by atoms with van der Waals surface area (Å²) >= 11 is 0. The van der Waals surface area contributed by atoms with Crippen molar-refractivity contribution in [3.63, 3.8) is 0 Å². The molecule has 0 spiro atoms. The van der Waals surface area contributed by atoms with Gasteiger partial charge >= 0.3 is 0 Å². The van der Waals surface area contributed by atoms with E-state index in [1.807, 2.05) is 37.3 Å². The SMILES string of the molecule is C[C@@H](NC(=O)CCn1c(=O)c2cccn2c2ccc(F)cc21)c1ccccc1. The number of rotatable bonds is 5. The van der Waals surface area contributed by atoms with Gasteiger partial charge in [0.2, 0.25) is 5.91 Å². The molecule has 28 heavy (non-hydrogen) atoms. The summed E-state index contributed by atoms with van der Waals surface area (Å²) in [5, 5.41) is 2.94. The first-order valence-electron chi connectivity index (χ1n) is 9.18. The van der Waals surface area contributed by atoms with Crippen molar-refractivity contribution in [2.45, 2.75) is 25.9 Å². The topological polar surface area (TPSA) is 55.5 Å². The highest BCUT2D eigenvalue weighted by molar-refractivity contribution is 5.80. The van der Waals surface area contributed by atoms with Gasteiger partial charge in [-0.15, -0.1) is 0 Å².